The van der Waals surface area contributed by atoms with Crippen LogP contribution in [-0.4, -0.2) is 90.4 Å². The quantitative estimate of drug-likeness (QED) is 0.295. The summed E-state index contributed by atoms with van der Waals surface area (Å²) in [6, 6.07) is 6.79. The van der Waals surface area contributed by atoms with Crippen molar-refractivity contribution >= 4 is 46.6 Å². The van der Waals surface area contributed by atoms with Crippen LogP contribution in [0.1, 0.15) is 78.7 Å². The van der Waals surface area contributed by atoms with Gasteiger partial charge in [0, 0.05) is 18.9 Å². The number of benzene rings is 1. The van der Waals surface area contributed by atoms with Crippen LogP contribution in [0.5, 0.6) is 0 Å². The number of hydrogen-bond donors (Lipinski definition) is 3. The smallest absolute Gasteiger partial charge is 0.324 e. The Morgan fingerprint density at radius 2 is 1.72 bits per heavy atom. The lowest BCUT2D eigenvalue weighted by molar-refractivity contribution is -0.272. The van der Waals surface area contributed by atoms with E-state index in [-0.39, 0.29) is 19.1 Å². The van der Waals surface area contributed by atoms with E-state index in [1.54, 1.807) is 53.7 Å². The van der Waals surface area contributed by atoms with Crippen LogP contribution in [0, 0.1) is 11.3 Å². The fourth-order valence-corrected chi connectivity index (χ4v) is 5.71. The Bertz CT molecular complexity index is 1610. The third kappa shape index (κ3) is 9.43. The van der Waals surface area contributed by atoms with Crippen molar-refractivity contribution in [2.45, 2.75) is 91.3 Å². The maximum atomic E-state index is 14.1. The van der Waals surface area contributed by atoms with Gasteiger partial charge < -0.3 is 29.6 Å². The van der Waals surface area contributed by atoms with Crippen LogP contribution in [-0.2, 0) is 42.9 Å². The normalized spacial score (nSPS) is 20.5. The molecule has 14 nitrogen and oxygen atoms in total. The van der Waals surface area contributed by atoms with Gasteiger partial charge in [-0.3, -0.25) is 29.0 Å². The topological polar surface area (TPSA) is 174 Å². The molecule has 0 saturated carbocycles. The van der Waals surface area contributed by atoms with Gasteiger partial charge in [-0.2, -0.15) is 0 Å². The fraction of sp³-hybridized carbons (Fsp3) is 0.556. The Morgan fingerprint density at radius 3 is 2.36 bits per heavy atom. The second kappa shape index (κ2) is 16.1. The summed E-state index contributed by atoms with van der Waals surface area (Å²) >= 11 is 0. The number of nitrogens with one attached hydrogen (secondary N) is 3. The number of hydrazine groups is 1. The van der Waals surface area contributed by atoms with E-state index in [1.807, 2.05) is 30.3 Å². The summed E-state index contributed by atoms with van der Waals surface area (Å²) in [5.74, 6) is -3.56. The molecule has 0 radical (unpaired) electrons. The lowest BCUT2D eigenvalue weighted by Gasteiger charge is -2.41. The molecule has 2 aliphatic heterocycles. The average Bonchev–Trinajstić information content (AvgIpc) is 3.08. The Balaban J connectivity index is 1.52. The molecule has 3 heterocycles. The highest BCUT2D eigenvalue weighted by Gasteiger charge is 2.45. The number of esters is 2. The molecule has 0 bridgehead atoms. The highest BCUT2D eigenvalue weighted by Crippen LogP contribution is 2.33. The third-order valence-corrected chi connectivity index (χ3v) is 8.80. The standard InChI is InChI=1S/C36H49N5O9/c1-21(2)30(31(43)37-22(3)32(44)41-17-9-10-28(40-41)33(45)47-8)39-34(46)36(19-48-35(6,7)49-20-36)16-15-25-11-12-26-13-14-27(38-29(26)18-25)23(4)50-24(5)42/h11-16,18,21-23,28,30,40H,9-10,17,19-20H2,1-8H3,(H,37,43)(H,39,46)/b16-15+/t22-,23+,28?,30-/m0/s1. The lowest BCUT2D eigenvalue weighted by atomic mass is 9.85. The van der Waals surface area contributed by atoms with Gasteiger partial charge in [0.25, 0.3) is 5.91 Å². The molecule has 14 heteroatoms. The molecule has 4 rings (SSSR count). The minimum absolute atomic E-state index is 0.0124. The largest absolute Gasteiger partial charge is 0.468 e. The van der Waals surface area contributed by atoms with Crippen LogP contribution in [0.4, 0.5) is 0 Å². The molecule has 3 N–H and O–H groups in total. The van der Waals surface area contributed by atoms with Gasteiger partial charge in [0.05, 0.1) is 31.5 Å². The maximum absolute atomic E-state index is 14.1. The van der Waals surface area contributed by atoms with E-state index >= 15 is 0 Å². The van der Waals surface area contributed by atoms with Gasteiger partial charge in [0.15, 0.2) is 5.79 Å². The minimum Gasteiger partial charge on any atom is -0.468 e. The van der Waals surface area contributed by atoms with E-state index in [0.717, 1.165) is 10.9 Å². The first-order valence-electron chi connectivity index (χ1n) is 16.9. The van der Waals surface area contributed by atoms with E-state index in [2.05, 4.69) is 21.0 Å². The molecule has 3 amide bonds. The summed E-state index contributed by atoms with van der Waals surface area (Å²) in [5.41, 5.74) is 3.63. The van der Waals surface area contributed by atoms with E-state index in [0.29, 0.717) is 30.6 Å². The predicted molar refractivity (Wildman–Crippen MR) is 184 cm³/mol. The Kier molecular flexibility index (Phi) is 12.4. The van der Waals surface area contributed by atoms with Gasteiger partial charge in [-0.1, -0.05) is 44.2 Å². The van der Waals surface area contributed by atoms with Crippen LogP contribution in [0.3, 0.4) is 0 Å². The second-order valence-electron chi connectivity index (χ2n) is 13.7. The molecule has 4 atom stereocenters. The zero-order valence-electron chi connectivity index (χ0n) is 30.0. The summed E-state index contributed by atoms with van der Waals surface area (Å²) < 4.78 is 22.0. The number of ether oxygens (including phenoxy) is 4. The molecule has 1 unspecified atom stereocenters. The molecule has 0 spiro atoms. The SMILES string of the molecule is COC(=O)C1CCCN(C(=O)[C@H](C)NC(=O)[C@@H](NC(=O)C2(/C=C/c3ccc4ccc([C@@H](C)OC(C)=O)nc4c3)COC(C)(C)OC2)C(C)C)N1. The molecule has 0 aliphatic carbocycles. The number of aromatic nitrogens is 1. The van der Waals surface area contributed by atoms with Crippen LogP contribution in [0.25, 0.3) is 17.0 Å². The van der Waals surface area contributed by atoms with Gasteiger partial charge in [0.1, 0.15) is 29.6 Å². The van der Waals surface area contributed by atoms with Crippen molar-refractivity contribution in [2.75, 3.05) is 26.9 Å². The van der Waals surface area contributed by atoms with Crippen molar-refractivity contribution in [3.05, 3.63) is 47.7 Å². The molecular formula is C36H49N5O9. The molecule has 272 valence electrons. The van der Waals surface area contributed by atoms with Crippen LogP contribution in [0.15, 0.2) is 36.4 Å². The molecule has 2 saturated heterocycles. The summed E-state index contributed by atoms with van der Waals surface area (Å²) in [7, 11) is 1.28. The van der Waals surface area contributed by atoms with Gasteiger partial charge in [-0.15, -0.1) is 0 Å². The van der Waals surface area contributed by atoms with E-state index in [1.165, 1.54) is 19.0 Å². The number of carbonyl (C=O) groups excluding carboxylic acids is 5. The van der Waals surface area contributed by atoms with E-state index in [9.17, 15) is 24.0 Å². The number of rotatable bonds is 11. The van der Waals surface area contributed by atoms with Crippen molar-refractivity contribution in [1.82, 2.24) is 26.1 Å². The number of amides is 3. The van der Waals surface area contributed by atoms with Crippen molar-refractivity contribution < 1.29 is 42.9 Å². The Morgan fingerprint density at radius 1 is 1.04 bits per heavy atom. The van der Waals surface area contributed by atoms with E-state index < -0.39 is 65.1 Å². The number of hydrogen-bond acceptors (Lipinski definition) is 11. The molecule has 2 aromatic rings. The molecule has 1 aromatic carbocycles. The monoisotopic (exact) mass is 695 g/mol. The fourth-order valence-electron chi connectivity index (χ4n) is 5.71. The highest BCUT2D eigenvalue weighted by molar-refractivity contribution is 5.94. The number of nitrogens with zero attached hydrogens (tertiary/aromatic N) is 2. The summed E-state index contributed by atoms with van der Waals surface area (Å²) in [5, 5.41) is 7.83. The first-order valence-corrected chi connectivity index (χ1v) is 16.9. The number of fused-ring (bicyclic) bond motifs is 1. The van der Waals surface area contributed by atoms with E-state index in [4.69, 9.17) is 18.9 Å². The van der Waals surface area contributed by atoms with Gasteiger partial charge >= 0.3 is 11.9 Å². The van der Waals surface area contributed by atoms with Gasteiger partial charge in [-0.05, 0) is 64.2 Å². The zero-order chi connectivity index (χ0) is 36.8. The molecule has 2 fully saturated rings. The minimum atomic E-state index is -1.29. The summed E-state index contributed by atoms with van der Waals surface area (Å²) in [6.45, 7) is 12.1. The van der Waals surface area contributed by atoms with Crippen LogP contribution < -0.4 is 16.1 Å². The van der Waals surface area contributed by atoms with Crippen LogP contribution >= 0.6 is 0 Å². The van der Waals surface area contributed by atoms with Crippen molar-refractivity contribution in [3.8, 4) is 0 Å². The zero-order valence-corrected chi connectivity index (χ0v) is 30.0. The summed E-state index contributed by atoms with van der Waals surface area (Å²) in [6.07, 6.45) is 4.09. The molecule has 50 heavy (non-hydrogen) atoms. The Labute approximate surface area is 292 Å². The predicted octanol–water partition coefficient (Wildman–Crippen LogP) is 2.96. The lowest BCUT2D eigenvalue weighted by Crippen LogP contribution is -2.62. The number of methoxy groups -OCH3 is 1. The molecular weight excluding hydrogens is 646 g/mol. The number of pyridine rings is 1. The highest BCUT2D eigenvalue weighted by atomic mass is 16.7. The first kappa shape index (κ1) is 38.4. The maximum Gasteiger partial charge on any atom is 0.324 e. The molecule has 2 aliphatic rings. The number of carbonyl (C=O) groups is 5. The third-order valence-electron chi connectivity index (χ3n) is 8.80. The van der Waals surface area contributed by atoms with Crippen molar-refractivity contribution in [1.29, 1.82) is 0 Å². The Hall–Kier alpha value is -4.40. The second-order valence-corrected chi connectivity index (χ2v) is 13.7. The average molecular weight is 696 g/mol. The van der Waals surface area contributed by atoms with Gasteiger partial charge in [0.2, 0.25) is 11.8 Å². The first-order chi connectivity index (χ1) is 23.5. The summed E-state index contributed by atoms with van der Waals surface area (Å²) in [4.78, 5) is 69.0. The van der Waals surface area contributed by atoms with Crippen molar-refractivity contribution in [3.63, 3.8) is 0 Å². The van der Waals surface area contributed by atoms with Crippen LogP contribution in [0.2, 0.25) is 0 Å². The van der Waals surface area contributed by atoms with Gasteiger partial charge in [-0.25, -0.2) is 10.4 Å². The van der Waals surface area contributed by atoms with Crippen molar-refractivity contribution in [2.24, 2.45) is 11.3 Å². The molecule has 1 aromatic heterocycles.